The third kappa shape index (κ3) is 11.8. The molecule has 3 aliphatic heterocycles. The monoisotopic (exact) mass is 330 g/mol. The quantitative estimate of drug-likeness (QED) is 0.400. The first-order chi connectivity index (χ1) is 11.2. The van der Waals surface area contributed by atoms with Gasteiger partial charge in [-0.2, -0.15) is 0 Å². The lowest BCUT2D eigenvalue weighted by Crippen LogP contribution is -2.46. The van der Waals surface area contributed by atoms with Crippen molar-refractivity contribution in [3.05, 3.63) is 0 Å². The molecule has 0 bridgehead atoms. The number of rotatable bonds is 2. The van der Waals surface area contributed by atoms with Crippen LogP contribution < -0.4 is 21.3 Å². The van der Waals surface area contributed by atoms with Crippen molar-refractivity contribution in [1.29, 1.82) is 0 Å². The van der Waals surface area contributed by atoms with Crippen LogP contribution >= 0.6 is 0 Å². The van der Waals surface area contributed by atoms with E-state index >= 15 is 0 Å². The second-order valence-electron chi connectivity index (χ2n) is 6.43. The number of hydrogen-bond acceptors (Lipinski definition) is 7. The van der Waals surface area contributed by atoms with Crippen LogP contribution in [0.1, 0.15) is 6.92 Å². The Balaban J connectivity index is 0.000000175. The number of likely N-dealkylation sites (N-methyl/N-ethyl adjacent to an activating group) is 1. The Morgan fingerprint density at radius 3 is 1.83 bits per heavy atom. The second kappa shape index (κ2) is 14.1. The van der Waals surface area contributed by atoms with Gasteiger partial charge in [0, 0.05) is 84.6 Å². The van der Waals surface area contributed by atoms with E-state index in [9.17, 15) is 0 Å². The fraction of sp³-hybridized carbons (Fsp3) is 1.00. The van der Waals surface area contributed by atoms with Crippen molar-refractivity contribution >= 4 is 0 Å². The number of aliphatic hydroxyl groups excluding tert-OH is 1. The van der Waals surface area contributed by atoms with E-state index in [-0.39, 0.29) is 0 Å². The first kappa shape index (κ1) is 20.8. The highest BCUT2D eigenvalue weighted by molar-refractivity contribution is 4.69. The van der Waals surface area contributed by atoms with Gasteiger partial charge in [0.2, 0.25) is 0 Å². The van der Waals surface area contributed by atoms with Crippen molar-refractivity contribution in [2.45, 2.75) is 13.0 Å². The molecule has 0 aliphatic carbocycles. The maximum atomic E-state index is 8.56. The normalized spacial score (nSPS) is 26.5. The van der Waals surface area contributed by atoms with Crippen molar-refractivity contribution in [3.63, 3.8) is 0 Å². The van der Waals surface area contributed by atoms with Crippen LogP contribution in [-0.2, 0) is 0 Å². The highest BCUT2D eigenvalue weighted by Gasteiger charge is 2.06. The summed E-state index contributed by atoms with van der Waals surface area (Å²) in [5.74, 6) is 0. The minimum absolute atomic E-state index is 0.292. The average molecular weight is 331 g/mol. The highest BCUT2D eigenvalue weighted by atomic mass is 16.3. The Morgan fingerprint density at radius 2 is 1.48 bits per heavy atom. The minimum Gasteiger partial charge on any atom is -0.395 e. The van der Waals surface area contributed by atoms with Crippen LogP contribution in [0.4, 0.5) is 0 Å². The summed E-state index contributed by atoms with van der Waals surface area (Å²) < 4.78 is 0. The Labute approximate surface area is 142 Å². The molecule has 1 atom stereocenters. The standard InChI is InChI=1S/C6H14N2O.2C5H12N2/c9-6-5-8-3-1-7-2-4-8;1-7-4-2-6-3-5-7;1-5-4-6-2-3-7-5/h7,9H,1-6H2;6H,2-5H2,1H3;5-7H,2-4H2,1H3. The van der Waals surface area contributed by atoms with Gasteiger partial charge < -0.3 is 31.3 Å². The predicted octanol–water partition coefficient (Wildman–Crippen LogP) is -2.03. The lowest BCUT2D eigenvalue weighted by Gasteiger charge is -2.25. The molecule has 3 aliphatic rings. The van der Waals surface area contributed by atoms with E-state index in [0.29, 0.717) is 12.6 Å². The minimum atomic E-state index is 0.292. The summed E-state index contributed by atoms with van der Waals surface area (Å²) in [6.45, 7) is 15.7. The molecule has 0 radical (unpaired) electrons. The molecule has 3 fully saturated rings. The van der Waals surface area contributed by atoms with Crippen LogP contribution in [0.15, 0.2) is 0 Å². The van der Waals surface area contributed by atoms with Gasteiger partial charge in [-0.1, -0.05) is 0 Å². The number of nitrogens with zero attached hydrogens (tertiary/aromatic N) is 2. The van der Waals surface area contributed by atoms with E-state index in [1.807, 2.05) is 0 Å². The zero-order valence-corrected chi connectivity index (χ0v) is 15.1. The molecule has 7 nitrogen and oxygen atoms in total. The van der Waals surface area contributed by atoms with Crippen LogP contribution in [0.3, 0.4) is 0 Å². The molecule has 0 saturated carbocycles. The number of nitrogens with one attached hydrogen (secondary N) is 4. The molecule has 1 unspecified atom stereocenters. The topological polar surface area (TPSA) is 74.8 Å². The summed E-state index contributed by atoms with van der Waals surface area (Å²) in [7, 11) is 2.15. The number of aliphatic hydroxyl groups is 1. The van der Waals surface area contributed by atoms with E-state index in [1.54, 1.807) is 0 Å². The van der Waals surface area contributed by atoms with Crippen molar-refractivity contribution < 1.29 is 5.11 Å². The molecule has 3 rings (SSSR count). The molecular weight excluding hydrogens is 292 g/mol. The number of β-amino-alcohol motifs (C(OH)–C–C–N with tert-alkyl or cyclic N) is 1. The fourth-order valence-corrected chi connectivity index (χ4v) is 2.65. The van der Waals surface area contributed by atoms with Crippen molar-refractivity contribution in [3.8, 4) is 0 Å². The van der Waals surface area contributed by atoms with Crippen LogP contribution in [-0.4, -0.2) is 113 Å². The Bertz CT molecular complexity index is 232. The summed E-state index contributed by atoms with van der Waals surface area (Å²) in [6.07, 6.45) is 0. The smallest absolute Gasteiger partial charge is 0.0558 e. The van der Waals surface area contributed by atoms with Gasteiger partial charge in [0.15, 0.2) is 0 Å². The Kier molecular flexibility index (Phi) is 12.7. The van der Waals surface area contributed by atoms with Gasteiger partial charge in [-0.25, -0.2) is 0 Å². The van der Waals surface area contributed by atoms with Gasteiger partial charge in [-0.15, -0.1) is 0 Å². The lowest BCUT2D eigenvalue weighted by atomic mass is 10.3. The first-order valence-electron chi connectivity index (χ1n) is 9.09. The van der Waals surface area contributed by atoms with Gasteiger partial charge >= 0.3 is 0 Å². The third-order valence-corrected chi connectivity index (χ3v) is 4.21. The van der Waals surface area contributed by atoms with Gasteiger partial charge in [-0.3, -0.25) is 4.90 Å². The summed E-state index contributed by atoms with van der Waals surface area (Å²) in [5.41, 5.74) is 0. The van der Waals surface area contributed by atoms with E-state index < -0.39 is 0 Å². The average Bonchev–Trinajstić information content (AvgIpc) is 2.59. The first-order valence-corrected chi connectivity index (χ1v) is 9.09. The zero-order chi connectivity index (χ0) is 16.8. The molecule has 3 saturated heterocycles. The maximum absolute atomic E-state index is 8.56. The van der Waals surface area contributed by atoms with Gasteiger partial charge in [0.1, 0.15) is 0 Å². The molecule has 7 heteroatoms. The SMILES string of the molecule is CC1CNCCN1.CN1CCNCC1.OCCN1CCNCC1. The van der Waals surface area contributed by atoms with E-state index in [1.165, 1.54) is 13.1 Å². The van der Waals surface area contributed by atoms with E-state index in [4.69, 9.17) is 5.11 Å². The molecule has 0 aromatic carbocycles. The summed E-state index contributed by atoms with van der Waals surface area (Å²) in [4.78, 5) is 4.59. The zero-order valence-electron chi connectivity index (χ0n) is 15.1. The summed E-state index contributed by atoms with van der Waals surface area (Å²) >= 11 is 0. The maximum Gasteiger partial charge on any atom is 0.0558 e. The van der Waals surface area contributed by atoms with Gasteiger partial charge in [0.25, 0.3) is 0 Å². The Morgan fingerprint density at radius 1 is 0.870 bits per heavy atom. The van der Waals surface area contributed by atoms with Crippen molar-refractivity contribution in [2.75, 3.05) is 92.2 Å². The van der Waals surface area contributed by atoms with E-state index in [0.717, 1.165) is 65.4 Å². The highest BCUT2D eigenvalue weighted by Crippen LogP contribution is 1.89. The molecule has 138 valence electrons. The van der Waals surface area contributed by atoms with Crippen LogP contribution in [0.2, 0.25) is 0 Å². The van der Waals surface area contributed by atoms with Gasteiger partial charge in [-0.05, 0) is 14.0 Å². The third-order valence-electron chi connectivity index (χ3n) is 4.21. The number of hydrogen-bond donors (Lipinski definition) is 5. The largest absolute Gasteiger partial charge is 0.395 e. The van der Waals surface area contributed by atoms with Crippen LogP contribution in [0, 0.1) is 0 Å². The molecule has 5 N–H and O–H groups in total. The Hall–Kier alpha value is -0.280. The predicted molar refractivity (Wildman–Crippen MR) is 97.1 cm³/mol. The van der Waals surface area contributed by atoms with E-state index in [2.05, 4.69) is 45.0 Å². The van der Waals surface area contributed by atoms with Gasteiger partial charge in [0.05, 0.1) is 6.61 Å². The second-order valence-corrected chi connectivity index (χ2v) is 6.43. The molecule has 23 heavy (non-hydrogen) atoms. The van der Waals surface area contributed by atoms with Crippen molar-refractivity contribution in [2.24, 2.45) is 0 Å². The molecule has 0 aromatic heterocycles. The summed E-state index contributed by atoms with van der Waals surface area (Å²) in [5, 5.41) is 21.7. The van der Waals surface area contributed by atoms with Crippen molar-refractivity contribution in [1.82, 2.24) is 31.1 Å². The van der Waals surface area contributed by atoms with Crippen LogP contribution in [0.5, 0.6) is 0 Å². The summed E-state index contributed by atoms with van der Waals surface area (Å²) in [6, 6.07) is 0.675. The molecule has 3 heterocycles. The van der Waals surface area contributed by atoms with Crippen LogP contribution in [0.25, 0.3) is 0 Å². The molecular formula is C16H38N6O. The molecule has 0 spiro atoms. The lowest BCUT2D eigenvalue weighted by molar-refractivity contribution is 0.180. The molecule has 0 amide bonds. The molecule has 0 aromatic rings. The number of piperazine rings is 3. The fourth-order valence-electron chi connectivity index (χ4n) is 2.65.